The topological polar surface area (TPSA) is 51.0 Å². The van der Waals surface area contributed by atoms with Crippen molar-refractivity contribution < 1.29 is 4.52 Å². The average Bonchev–Trinajstić information content (AvgIpc) is 2.68. The second-order valence-corrected chi connectivity index (χ2v) is 5.47. The first-order chi connectivity index (χ1) is 6.90. The lowest BCUT2D eigenvalue weighted by Gasteiger charge is -2.16. The van der Waals surface area contributed by atoms with Crippen LogP contribution in [0, 0.1) is 0 Å². The highest BCUT2D eigenvalue weighted by Gasteiger charge is 2.21. The van der Waals surface area contributed by atoms with E-state index < -0.39 is 0 Å². The second kappa shape index (κ2) is 5.04. The van der Waals surface area contributed by atoms with Gasteiger partial charge in [-0.25, -0.2) is 0 Å². The zero-order valence-electron chi connectivity index (χ0n) is 8.02. The van der Waals surface area contributed by atoms with E-state index in [-0.39, 0.29) is 0 Å². The third-order valence-corrected chi connectivity index (χ3v) is 4.67. The molecule has 1 atom stereocenters. The molecular formula is C8H13N3OS2. The molecule has 6 heteroatoms. The van der Waals surface area contributed by atoms with Gasteiger partial charge in [0, 0.05) is 17.3 Å². The monoisotopic (exact) mass is 231 g/mol. The van der Waals surface area contributed by atoms with Crippen molar-refractivity contribution in [3.05, 3.63) is 11.7 Å². The Morgan fingerprint density at radius 2 is 2.50 bits per heavy atom. The maximum atomic E-state index is 5.11. The van der Waals surface area contributed by atoms with Gasteiger partial charge in [0.05, 0.1) is 11.8 Å². The fraction of sp³-hybridized carbons (Fsp3) is 0.750. The number of nitrogens with one attached hydrogen (secondary N) is 1. The number of rotatable bonds is 3. The summed E-state index contributed by atoms with van der Waals surface area (Å²) in [6, 6.07) is 0. The van der Waals surface area contributed by atoms with Crippen LogP contribution in [0.1, 0.15) is 17.0 Å². The van der Waals surface area contributed by atoms with E-state index in [9.17, 15) is 0 Å². The molecule has 1 aromatic rings. The van der Waals surface area contributed by atoms with Crippen molar-refractivity contribution in [3.63, 3.8) is 0 Å². The van der Waals surface area contributed by atoms with E-state index in [0.29, 0.717) is 17.7 Å². The standard InChI is InChI=1S/C8H13N3OS2/c1-9-4-7-10-8(11-12-7)6-5-13-2-3-14-6/h6,9H,2-5H2,1H3. The van der Waals surface area contributed by atoms with Crippen molar-refractivity contribution in [2.24, 2.45) is 0 Å². The van der Waals surface area contributed by atoms with Gasteiger partial charge in [0.2, 0.25) is 5.89 Å². The molecule has 1 aliphatic heterocycles. The summed E-state index contributed by atoms with van der Waals surface area (Å²) in [5, 5.41) is 7.41. The zero-order valence-corrected chi connectivity index (χ0v) is 9.66. The van der Waals surface area contributed by atoms with Crippen LogP contribution < -0.4 is 5.32 Å². The smallest absolute Gasteiger partial charge is 0.240 e. The van der Waals surface area contributed by atoms with Gasteiger partial charge in [-0.3, -0.25) is 0 Å². The van der Waals surface area contributed by atoms with E-state index in [4.69, 9.17) is 4.52 Å². The van der Waals surface area contributed by atoms with Gasteiger partial charge >= 0.3 is 0 Å². The minimum absolute atomic E-state index is 0.420. The van der Waals surface area contributed by atoms with Crippen LogP contribution in [0.2, 0.25) is 0 Å². The number of aromatic nitrogens is 2. The molecule has 0 spiro atoms. The molecule has 0 saturated carbocycles. The molecule has 0 amide bonds. The van der Waals surface area contributed by atoms with Gasteiger partial charge in [0.15, 0.2) is 5.82 Å². The first-order valence-electron chi connectivity index (χ1n) is 4.56. The van der Waals surface area contributed by atoms with Gasteiger partial charge in [-0.05, 0) is 7.05 Å². The van der Waals surface area contributed by atoms with E-state index in [1.54, 1.807) is 0 Å². The van der Waals surface area contributed by atoms with Gasteiger partial charge < -0.3 is 9.84 Å². The van der Waals surface area contributed by atoms with Crippen LogP contribution in [0.25, 0.3) is 0 Å². The molecule has 1 unspecified atom stereocenters. The Morgan fingerprint density at radius 3 is 3.21 bits per heavy atom. The summed E-state index contributed by atoms with van der Waals surface area (Å²) in [4.78, 5) is 4.35. The number of thioether (sulfide) groups is 2. The molecule has 1 fully saturated rings. The van der Waals surface area contributed by atoms with Crippen molar-refractivity contribution in [3.8, 4) is 0 Å². The maximum Gasteiger partial charge on any atom is 0.240 e. The molecule has 1 N–H and O–H groups in total. The highest BCUT2D eigenvalue weighted by atomic mass is 32.2. The van der Waals surface area contributed by atoms with E-state index >= 15 is 0 Å². The highest BCUT2D eigenvalue weighted by Crippen LogP contribution is 2.34. The fourth-order valence-corrected chi connectivity index (χ4v) is 3.85. The first-order valence-corrected chi connectivity index (χ1v) is 6.77. The lowest BCUT2D eigenvalue weighted by atomic mass is 10.4. The second-order valence-electron chi connectivity index (χ2n) is 3.01. The van der Waals surface area contributed by atoms with Crippen LogP contribution in [0.15, 0.2) is 4.52 Å². The molecule has 1 saturated heterocycles. The SMILES string of the molecule is CNCc1nc(C2CSCCS2)no1. The Balaban J connectivity index is 2.00. The third kappa shape index (κ3) is 2.43. The average molecular weight is 231 g/mol. The summed E-state index contributed by atoms with van der Waals surface area (Å²) < 4.78 is 5.11. The van der Waals surface area contributed by atoms with Gasteiger partial charge in [0.1, 0.15) is 0 Å². The lowest BCUT2D eigenvalue weighted by molar-refractivity contribution is 0.367. The van der Waals surface area contributed by atoms with Crippen molar-refractivity contribution in [2.75, 3.05) is 24.3 Å². The fourth-order valence-electron chi connectivity index (χ4n) is 1.26. The summed E-state index contributed by atoms with van der Waals surface area (Å²) in [6.07, 6.45) is 0. The van der Waals surface area contributed by atoms with Crippen LogP contribution in [-0.2, 0) is 6.54 Å². The molecule has 2 heterocycles. The number of hydrogen-bond donors (Lipinski definition) is 1. The molecule has 1 aromatic heterocycles. The summed E-state index contributed by atoms with van der Waals surface area (Å²) in [6.45, 7) is 0.650. The van der Waals surface area contributed by atoms with Crippen molar-refractivity contribution >= 4 is 23.5 Å². The molecule has 14 heavy (non-hydrogen) atoms. The number of hydrogen-bond acceptors (Lipinski definition) is 6. The lowest BCUT2D eigenvalue weighted by Crippen LogP contribution is -2.09. The minimum atomic E-state index is 0.420. The molecule has 78 valence electrons. The molecule has 0 radical (unpaired) electrons. The summed E-state index contributed by atoms with van der Waals surface area (Å²) >= 11 is 3.88. The van der Waals surface area contributed by atoms with Gasteiger partial charge in [-0.1, -0.05) is 5.16 Å². The van der Waals surface area contributed by atoms with Crippen LogP contribution in [0.3, 0.4) is 0 Å². The van der Waals surface area contributed by atoms with E-state index in [1.807, 2.05) is 30.6 Å². The maximum absolute atomic E-state index is 5.11. The molecule has 0 aromatic carbocycles. The van der Waals surface area contributed by atoms with Crippen molar-refractivity contribution in [2.45, 2.75) is 11.8 Å². The Labute approximate surface area is 91.6 Å². The molecule has 2 rings (SSSR count). The molecule has 4 nitrogen and oxygen atoms in total. The van der Waals surface area contributed by atoms with Gasteiger partial charge in [-0.2, -0.15) is 16.7 Å². The molecule has 1 aliphatic rings. The highest BCUT2D eigenvalue weighted by molar-refractivity contribution is 8.06. The predicted molar refractivity (Wildman–Crippen MR) is 59.6 cm³/mol. The molecular weight excluding hydrogens is 218 g/mol. The van der Waals surface area contributed by atoms with Gasteiger partial charge in [-0.15, -0.1) is 11.8 Å². The van der Waals surface area contributed by atoms with Gasteiger partial charge in [0.25, 0.3) is 0 Å². The molecule has 0 aliphatic carbocycles. The van der Waals surface area contributed by atoms with E-state index in [0.717, 1.165) is 11.6 Å². The quantitative estimate of drug-likeness (QED) is 0.846. The Hall–Kier alpha value is -0.200. The first kappa shape index (κ1) is 10.3. The largest absolute Gasteiger partial charge is 0.338 e. The molecule has 0 bridgehead atoms. The van der Waals surface area contributed by atoms with Crippen LogP contribution in [0.4, 0.5) is 0 Å². The van der Waals surface area contributed by atoms with Crippen molar-refractivity contribution in [1.82, 2.24) is 15.5 Å². The van der Waals surface area contributed by atoms with Crippen LogP contribution in [0.5, 0.6) is 0 Å². The predicted octanol–water partition coefficient (Wildman–Crippen LogP) is 1.31. The summed E-state index contributed by atoms with van der Waals surface area (Å²) in [7, 11) is 1.87. The normalized spacial score (nSPS) is 22.5. The zero-order chi connectivity index (χ0) is 9.80. The van der Waals surface area contributed by atoms with Crippen LogP contribution >= 0.6 is 23.5 Å². The van der Waals surface area contributed by atoms with Crippen molar-refractivity contribution in [1.29, 1.82) is 0 Å². The van der Waals surface area contributed by atoms with E-state index in [1.165, 1.54) is 11.5 Å². The minimum Gasteiger partial charge on any atom is -0.338 e. The Bertz CT molecular complexity index is 286. The Kier molecular flexibility index (Phi) is 3.72. The third-order valence-electron chi connectivity index (χ3n) is 1.92. The summed E-state index contributed by atoms with van der Waals surface area (Å²) in [5.74, 6) is 5.06. The Morgan fingerprint density at radius 1 is 1.57 bits per heavy atom. The van der Waals surface area contributed by atoms with E-state index in [2.05, 4.69) is 15.5 Å². The summed E-state index contributed by atoms with van der Waals surface area (Å²) in [5.41, 5.74) is 0. The van der Waals surface area contributed by atoms with Crippen LogP contribution in [-0.4, -0.2) is 34.4 Å². The number of nitrogens with zero attached hydrogens (tertiary/aromatic N) is 2.